The van der Waals surface area contributed by atoms with E-state index in [0.717, 1.165) is 16.4 Å². The first-order chi connectivity index (χ1) is 12.2. The highest BCUT2D eigenvalue weighted by Gasteiger charge is 2.23. The molecule has 0 spiro atoms. The number of anilines is 1. The van der Waals surface area contributed by atoms with Crippen LogP contribution in [0.2, 0.25) is 0 Å². The summed E-state index contributed by atoms with van der Waals surface area (Å²) in [5, 5.41) is 2.77. The van der Waals surface area contributed by atoms with Crippen LogP contribution >= 0.6 is 11.3 Å². The molecule has 0 radical (unpaired) electrons. The Balaban J connectivity index is 1.94. The summed E-state index contributed by atoms with van der Waals surface area (Å²) >= 11 is 1.51. The fourth-order valence-corrected chi connectivity index (χ4v) is 4.96. The minimum atomic E-state index is -3.67. The smallest absolute Gasteiger partial charge is 0.263 e. The zero-order chi connectivity index (χ0) is 19.1. The van der Waals surface area contributed by atoms with E-state index in [1.165, 1.54) is 16.9 Å². The summed E-state index contributed by atoms with van der Waals surface area (Å²) in [6.45, 7) is 7.94. The van der Waals surface area contributed by atoms with Crippen molar-refractivity contribution in [2.45, 2.75) is 38.5 Å². The molecule has 26 heavy (non-hydrogen) atoms. The zero-order valence-electron chi connectivity index (χ0n) is 15.6. The van der Waals surface area contributed by atoms with Gasteiger partial charge in [-0.05, 0) is 43.5 Å². The summed E-state index contributed by atoms with van der Waals surface area (Å²) in [6.07, 6.45) is 0. The Labute approximate surface area is 158 Å². The van der Waals surface area contributed by atoms with Crippen LogP contribution in [-0.4, -0.2) is 18.0 Å². The van der Waals surface area contributed by atoms with E-state index in [1.807, 2.05) is 36.1 Å². The third-order valence-corrected chi connectivity index (χ3v) is 6.93. The summed E-state index contributed by atoms with van der Waals surface area (Å²) in [7, 11) is -1.81. The molecule has 0 aliphatic heterocycles. The summed E-state index contributed by atoms with van der Waals surface area (Å²) < 4.78 is 30.4. The van der Waals surface area contributed by atoms with Crippen molar-refractivity contribution in [2.24, 2.45) is 7.05 Å². The number of hydrogen-bond acceptors (Lipinski definition) is 4. The van der Waals surface area contributed by atoms with Crippen molar-refractivity contribution in [1.82, 2.24) is 9.55 Å². The molecular weight excluding hydrogens is 366 g/mol. The molecule has 0 unspecified atom stereocenters. The Hall–Kier alpha value is -2.12. The number of hydrogen-bond donors (Lipinski definition) is 1. The lowest BCUT2D eigenvalue weighted by atomic mass is 10.0. The van der Waals surface area contributed by atoms with Gasteiger partial charge in [-0.25, -0.2) is 13.4 Å². The third kappa shape index (κ3) is 3.54. The Morgan fingerprint density at radius 3 is 2.35 bits per heavy atom. The number of thiazole rings is 1. The molecule has 2 heterocycles. The van der Waals surface area contributed by atoms with Gasteiger partial charge in [-0.3, -0.25) is 4.72 Å². The summed E-state index contributed by atoms with van der Waals surface area (Å²) in [5.41, 5.74) is 4.14. The van der Waals surface area contributed by atoms with Crippen LogP contribution in [0.4, 0.5) is 5.69 Å². The maximum Gasteiger partial charge on any atom is 0.263 e. The van der Waals surface area contributed by atoms with Gasteiger partial charge in [-0.15, -0.1) is 11.3 Å². The number of nitrogens with zero attached hydrogens (tertiary/aromatic N) is 2. The van der Waals surface area contributed by atoms with Crippen molar-refractivity contribution < 1.29 is 8.42 Å². The van der Waals surface area contributed by atoms with Gasteiger partial charge in [0.2, 0.25) is 0 Å². The SMILES string of the molecule is Cc1csc(-c2cc(S(=O)(=O)Nc3ccc(C(C)C)cc3)c(C)n2C)n1. The minimum absolute atomic E-state index is 0.274. The summed E-state index contributed by atoms with van der Waals surface area (Å²) in [4.78, 5) is 4.74. The number of benzene rings is 1. The molecule has 0 saturated carbocycles. The average molecular weight is 390 g/mol. The van der Waals surface area contributed by atoms with E-state index in [-0.39, 0.29) is 4.90 Å². The second-order valence-electron chi connectivity index (χ2n) is 6.71. The zero-order valence-corrected chi connectivity index (χ0v) is 17.2. The largest absolute Gasteiger partial charge is 0.345 e. The first-order valence-corrected chi connectivity index (χ1v) is 10.8. The number of rotatable bonds is 5. The molecule has 0 amide bonds. The van der Waals surface area contributed by atoms with Crippen molar-refractivity contribution in [3.8, 4) is 10.7 Å². The second-order valence-corrected chi connectivity index (χ2v) is 9.22. The molecule has 1 N–H and O–H groups in total. The molecule has 138 valence electrons. The van der Waals surface area contributed by atoms with Gasteiger partial charge in [0, 0.05) is 29.5 Å². The van der Waals surface area contributed by atoms with E-state index < -0.39 is 10.0 Å². The Morgan fingerprint density at radius 2 is 1.81 bits per heavy atom. The van der Waals surface area contributed by atoms with Crippen molar-refractivity contribution in [3.05, 3.63) is 52.7 Å². The van der Waals surface area contributed by atoms with E-state index in [0.29, 0.717) is 17.3 Å². The van der Waals surface area contributed by atoms with Gasteiger partial charge in [0.25, 0.3) is 10.0 Å². The van der Waals surface area contributed by atoms with Gasteiger partial charge in [-0.2, -0.15) is 0 Å². The van der Waals surface area contributed by atoms with Crippen molar-refractivity contribution in [3.63, 3.8) is 0 Å². The molecule has 2 aromatic heterocycles. The molecule has 0 aliphatic rings. The fourth-order valence-electron chi connectivity index (χ4n) is 2.77. The first-order valence-electron chi connectivity index (χ1n) is 8.40. The third-order valence-electron chi connectivity index (χ3n) is 4.45. The van der Waals surface area contributed by atoms with Crippen LogP contribution in [0.1, 0.15) is 36.7 Å². The van der Waals surface area contributed by atoms with Gasteiger partial charge in [0.1, 0.15) is 9.90 Å². The monoisotopic (exact) mass is 389 g/mol. The number of nitrogens with one attached hydrogen (secondary N) is 1. The quantitative estimate of drug-likeness (QED) is 0.688. The molecule has 0 bridgehead atoms. The van der Waals surface area contributed by atoms with Gasteiger partial charge < -0.3 is 4.57 Å². The van der Waals surface area contributed by atoms with Gasteiger partial charge in [0.15, 0.2) is 0 Å². The van der Waals surface area contributed by atoms with Crippen molar-refractivity contribution in [2.75, 3.05) is 4.72 Å². The molecule has 3 rings (SSSR count). The molecule has 7 heteroatoms. The predicted molar refractivity (Wildman–Crippen MR) is 107 cm³/mol. The van der Waals surface area contributed by atoms with Crippen LogP contribution in [0.5, 0.6) is 0 Å². The number of sulfonamides is 1. The lowest BCUT2D eigenvalue weighted by Gasteiger charge is -2.10. The molecular formula is C19H23N3O2S2. The number of aryl methyl sites for hydroxylation is 1. The lowest BCUT2D eigenvalue weighted by Crippen LogP contribution is -2.13. The minimum Gasteiger partial charge on any atom is -0.345 e. The van der Waals surface area contributed by atoms with E-state index in [1.54, 1.807) is 25.1 Å². The van der Waals surface area contributed by atoms with Crippen LogP contribution in [0.15, 0.2) is 40.6 Å². The fraction of sp³-hybridized carbons (Fsp3) is 0.316. The molecule has 0 aliphatic carbocycles. The first kappa shape index (κ1) is 18.7. The van der Waals surface area contributed by atoms with Crippen LogP contribution < -0.4 is 4.72 Å². The Kier molecular flexibility index (Phi) is 4.94. The van der Waals surface area contributed by atoms with E-state index in [4.69, 9.17) is 0 Å². The highest BCUT2D eigenvalue weighted by Crippen LogP contribution is 2.31. The van der Waals surface area contributed by atoms with Crippen molar-refractivity contribution in [1.29, 1.82) is 0 Å². The highest BCUT2D eigenvalue weighted by molar-refractivity contribution is 7.92. The molecule has 0 saturated heterocycles. The van der Waals surface area contributed by atoms with Crippen LogP contribution in [0.3, 0.4) is 0 Å². The normalized spacial score (nSPS) is 11.9. The van der Waals surface area contributed by atoms with E-state index in [2.05, 4.69) is 23.6 Å². The maximum atomic E-state index is 12.9. The molecule has 3 aromatic rings. The molecule has 1 aromatic carbocycles. The lowest BCUT2D eigenvalue weighted by molar-refractivity contribution is 0.600. The maximum absolute atomic E-state index is 12.9. The molecule has 0 fully saturated rings. The summed E-state index contributed by atoms with van der Waals surface area (Å²) in [5.74, 6) is 0.404. The topological polar surface area (TPSA) is 64.0 Å². The second kappa shape index (κ2) is 6.89. The van der Waals surface area contributed by atoms with Crippen LogP contribution in [0, 0.1) is 13.8 Å². The van der Waals surface area contributed by atoms with Gasteiger partial charge in [0.05, 0.1) is 5.69 Å². The van der Waals surface area contributed by atoms with E-state index in [9.17, 15) is 8.42 Å². The van der Waals surface area contributed by atoms with Crippen LogP contribution in [-0.2, 0) is 17.1 Å². The van der Waals surface area contributed by atoms with Crippen molar-refractivity contribution >= 4 is 27.0 Å². The number of aromatic nitrogens is 2. The van der Waals surface area contributed by atoms with Gasteiger partial charge >= 0.3 is 0 Å². The van der Waals surface area contributed by atoms with E-state index >= 15 is 0 Å². The summed E-state index contributed by atoms with van der Waals surface area (Å²) in [6, 6.07) is 9.19. The standard InChI is InChI=1S/C19H23N3O2S2/c1-12(2)15-6-8-16(9-7-15)21-26(23,24)18-10-17(22(5)14(18)4)19-20-13(3)11-25-19/h6-12,21H,1-5H3. The van der Waals surface area contributed by atoms with Gasteiger partial charge in [-0.1, -0.05) is 26.0 Å². The molecule has 0 atom stereocenters. The predicted octanol–water partition coefficient (Wildman–Crippen LogP) is 4.69. The highest BCUT2D eigenvalue weighted by atomic mass is 32.2. The molecule has 5 nitrogen and oxygen atoms in total. The van der Waals surface area contributed by atoms with Crippen LogP contribution in [0.25, 0.3) is 10.7 Å². The Bertz CT molecular complexity index is 1030. The Morgan fingerprint density at radius 1 is 1.15 bits per heavy atom. The average Bonchev–Trinajstić information content (AvgIpc) is 3.12.